The number of hydrogen-bond donors (Lipinski definition) is 2. The number of pyridine rings is 1. The van der Waals surface area contributed by atoms with Gasteiger partial charge in [-0.25, -0.2) is 9.97 Å². The van der Waals surface area contributed by atoms with Gasteiger partial charge in [0, 0.05) is 25.2 Å². The van der Waals surface area contributed by atoms with Crippen molar-refractivity contribution in [3.8, 4) is 0 Å². The lowest BCUT2D eigenvalue weighted by molar-refractivity contribution is 0.340. The lowest BCUT2D eigenvalue weighted by Crippen LogP contribution is -2.34. The zero-order valence-electron chi connectivity index (χ0n) is 13.1. The van der Waals surface area contributed by atoms with E-state index in [0.29, 0.717) is 12.0 Å². The van der Waals surface area contributed by atoms with Gasteiger partial charge in [0.2, 0.25) is 0 Å². The normalized spacial score (nSPS) is 26.4. The number of hydrogen-bond acceptors (Lipinski definition) is 4. The molecule has 4 heterocycles. The number of rotatable bonds is 3. The minimum absolute atomic E-state index is 0.500. The predicted molar refractivity (Wildman–Crippen MR) is 88.0 cm³/mol. The van der Waals surface area contributed by atoms with Crippen molar-refractivity contribution < 1.29 is 0 Å². The van der Waals surface area contributed by atoms with Gasteiger partial charge in [-0.1, -0.05) is 0 Å². The van der Waals surface area contributed by atoms with Gasteiger partial charge >= 0.3 is 0 Å². The summed E-state index contributed by atoms with van der Waals surface area (Å²) in [5.74, 6) is 1.94. The molecule has 2 aliphatic rings. The molecule has 0 saturated carbocycles. The molecule has 0 aliphatic carbocycles. The Morgan fingerprint density at radius 1 is 1.14 bits per heavy atom. The molecule has 0 bridgehead atoms. The van der Waals surface area contributed by atoms with Crippen molar-refractivity contribution in [2.24, 2.45) is 5.92 Å². The molecule has 0 spiro atoms. The van der Waals surface area contributed by atoms with Gasteiger partial charge in [0.15, 0.2) is 5.65 Å². The van der Waals surface area contributed by atoms with Gasteiger partial charge in [0.1, 0.15) is 11.3 Å². The summed E-state index contributed by atoms with van der Waals surface area (Å²) in [5, 5.41) is 7.05. The van der Waals surface area contributed by atoms with Crippen molar-refractivity contribution in [3.63, 3.8) is 0 Å². The summed E-state index contributed by atoms with van der Waals surface area (Å²) in [5.41, 5.74) is 2.11. The Morgan fingerprint density at radius 3 is 2.77 bits per heavy atom. The molecule has 0 aromatic carbocycles. The molecule has 2 aromatic rings. The first kappa shape index (κ1) is 14.2. The van der Waals surface area contributed by atoms with Gasteiger partial charge in [0.05, 0.1) is 0 Å². The molecule has 22 heavy (non-hydrogen) atoms. The summed E-state index contributed by atoms with van der Waals surface area (Å²) in [6.07, 6.45) is 8.02. The van der Waals surface area contributed by atoms with E-state index in [-0.39, 0.29) is 0 Å². The maximum absolute atomic E-state index is 4.93. The summed E-state index contributed by atoms with van der Waals surface area (Å²) in [6, 6.07) is 4.59. The second kappa shape index (κ2) is 6.34. The molecule has 4 rings (SSSR count). The standard InChI is InChI=1S/C17H25N5/c1-4-13(11-18-7-1)10-16-21-15-6-3-9-20-17(15)22(16)14-5-2-8-19-12-14/h3,6,9,13-14,18-19H,1-2,4-5,7-8,10-12H2. The Morgan fingerprint density at radius 2 is 2.00 bits per heavy atom. The molecule has 2 aliphatic heterocycles. The molecule has 0 radical (unpaired) electrons. The van der Waals surface area contributed by atoms with Crippen LogP contribution < -0.4 is 10.6 Å². The van der Waals surface area contributed by atoms with Crippen molar-refractivity contribution in [2.75, 3.05) is 26.2 Å². The number of imidazole rings is 1. The van der Waals surface area contributed by atoms with Gasteiger partial charge in [-0.2, -0.15) is 0 Å². The van der Waals surface area contributed by atoms with Crippen LogP contribution in [0.25, 0.3) is 11.2 Å². The van der Waals surface area contributed by atoms with Crippen LogP contribution in [0.1, 0.15) is 37.5 Å². The van der Waals surface area contributed by atoms with E-state index in [1.807, 2.05) is 12.3 Å². The summed E-state index contributed by atoms with van der Waals surface area (Å²) in [6.45, 7) is 4.47. The van der Waals surface area contributed by atoms with E-state index in [4.69, 9.17) is 4.98 Å². The Bertz CT molecular complexity index is 623. The number of aromatic nitrogens is 3. The first-order chi connectivity index (χ1) is 10.9. The molecule has 2 N–H and O–H groups in total. The highest BCUT2D eigenvalue weighted by atomic mass is 15.2. The van der Waals surface area contributed by atoms with E-state index in [1.54, 1.807) is 0 Å². The Labute approximate surface area is 131 Å². The molecule has 0 amide bonds. The first-order valence-electron chi connectivity index (χ1n) is 8.65. The van der Waals surface area contributed by atoms with Gasteiger partial charge in [-0.3, -0.25) is 0 Å². The fourth-order valence-corrected chi connectivity index (χ4v) is 3.91. The van der Waals surface area contributed by atoms with Crippen molar-refractivity contribution in [3.05, 3.63) is 24.2 Å². The summed E-state index contributed by atoms with van der Waals surface area (Å²) in [7, 11) is 0. The number of nitrogens with zero attached hydrogens (tertiary/aromatic N) is 3. The monoisotopic (exact) mass is 299 g/mol. The maximum Gasteiger partial charge on any atom is 0.160 e. The second-order valence-electron chi connectivity index (χ2n) is 6.66. The Hall–Kier alpha value is -1.46. The van der Waals surface area contributed by atoms with Crippen LogP contribution in [0.4, 0.5) is 0 Å². The van der Waals surface area contributed by atoms with Crippen LogP contribution in [0.15, 0.2) is 18.3 Å². The Balaban J connectivity index is 1.68. The molecule has 118 valence electrons. The summed E-state index contributed by atoms with van der Waals surface area (Å²) < 4.78 is 2.43. The van der Waals surface area contributed by atoms with E-state index in [0.717, 1.165) is 37.2 Å². The van der Waals surface area contributed by atoms with Gasteiger partial charge in [-0.15, -0.1) is 0 Å². The second-order valence-corrected chi connectivity index (χ2v) is 6.66. The lowest BCUT2D eigenvalue weighted by Gasteiger charge is -2.28. The van der Waals surface area contributed by atoms with Crippen LogP contribution in [0, 0.1) is 5.92 Å². The summed E-state index contributed by atoms with van der Waals surface area (Å²) >= 11 is 0. The van der Waals surface area contributed by atoms with Crippen molar-refractivity contribution in [1.29, 1.82) is 0 Å². The molecule has 2 aromatic heterocycles. The molecule has 2 atom stereocenters. The zero-order valence-corrected chi connectivity index (χ0v) is 13.1. The van der Waals surface area contributed by atoms with Crippen molar-refractivity contribution in [1.82, 2.24) is 25.2 Å². The molecule has 2 fully saturated rings. The number of piperidine rings is 2. The highest BCUT2D eigenvalue weighted by Gasteiger charge is 2.24. The quantitative estimate of drug-likeness (QED) is 0.909. The van der Waals surface area contributed by atoms with Crippen LogP contribution in [-0.2, 0) is 6.42 Å². The Kier molecular flexibility index (Phi) is 4.08. The van der Waals surface area contributed by atoms with Crippen LogP contribution in [0.3, 0.4) is 0 Å². The summed E-state index contributed by atoms with van der Waals surface area (Å²) in [4.78, 5) is 9.55. The van der Waals surface area contributed by atoms with Gasteiger partial charge in [0.25, 0.3) is 0 Å². The van der Waals surface area contributed by atoms with Crippen molar-refractivity contribution in [2.45, 2.75) is 38.1 Å². The van der Waals surface area contributed by atoms with Crippen LogP contribution in [0.2, 0.25) is 0 Å². The minimum atomic E-state index is 0.500. The van der Waals surface area contributed by atoms with Gasteiger partial charge in [-0.05, 0) is 63.4 Å². The molecule has 2 saturated heterocycles. The van der Waals surface area contributed by atoms with Crippen molar-refractivity contribution >= 4 is 11.2 Å². The maximum atomic E-state index is 4.93. The van der Waals surface area contributed by atoms with E-state index in [2.05, 4.69) is 26.3 Å². The average molecular weight is 299 g/mol. The number of fused-ring (bicyclic) bond motifs is 1. The predicted octanol–water partition coefficient (Wildman–Crippen LogP) is 1.90. The van der Waals surface area contributed by atoms with E-state index in [1.165, 1.54) is 38.1 Å². The highest BCUT2D eigenvalue weighted by Crippen LogP contribution is 2.26. The molecular weight excluding hydrogens is 274 g/mol. The van der Waals surface area contributed by atoms with E-state index >= 15 is 0 Å². The number of nitrogens with one attached hydrogen (secondary N) is 2. The smallest absolute Gasteiger partial charge is 0.160 e. The fourth-order valence-electron chi connectivity index (χ4n) is 3.91. The third-order valence-corrected chi connectivity index (χ3v) is 5.03. The molecule has 5 heteroatoms. The third kappa shape index (κ3) is 2.75. The lowest BCUT2D eigenvalue weighted by atomic mass is 9.95. The molecule has 2 unspecified atom stereocenters. The average Bonchev–Trinajstić information content (AvgIpc) is 2.94. The first-order valence-corrected chi connectivity index (χ1v) is 8.65. The molecular formula is C17H25N5. The van der Waals surface area contributed by atoms with E-state index < -0.39 is 0 Å². The topological polar surface area (TPSA) is 54.8 Å². The highest BCUT2D eigenvalue weighted by molar-refractivity contribution is 5.71. The van der Waals surface area contributed by atoms with Crippen LogP contribution in [-0.4, -0.2) is 40.7 Å². The fraction of sp³-hybridized carbons (Fsp3) is 0.647. The largest absolute Gasteiger partial charge is 0.316 e. The SMILES string of the molecule is c1cnc2c(c1)nc(CC1CCCNC1)n2C1CCCNC1. The van der Waals surface area contributed by atoms with E-state index in [9.17, 15) is 0 Å². The van der Waals surface area contributed by atoms with Crippen LogP contribution >= 0.6 is 0 Å². The molecule has 5 nitrogen and oxygen atoms in total. The minimum Gasteiger partial charge on any atom is -0.316 e. The van der Waals surface area contributed by atoms with Crippen LogP contribution in [0.5, 0.6) is 0 Å². The third-order valence-electron chi connectivity index (χ3n) is 5.03. The van der Waals surface area contributed by atoms with Gasteiger partial charge < -0.3 is 15.2 Å². The zero-order chi connectivity index (χ0) is 14.8.